The van der Waals surface area contributed by atoms with Crippen LogP contribution in [-0.4, -0.2) is 62.0 Å². The van der Waals surface area contributed by atoms with Crippen LogP contribution < -0.4 is 9.47 Å². The summed E-state index contributed by atoms with van der Waals surface area (Å²) in [6.07, 6.45) is 2.73. The van der Waals surface area contributed by atoms with E-state index in [0.29, 0.717) is 26.3 Å². The molecular weight excluding hydrogens is 334 g/mol. The van der Waals surface area contributed by atoms with Crippen LogP contribution >= 0.6 is 0 Å². The summed E-state index contributed by atoms with van der Waals surface area (Å²) in [5, 5.41) is 0. The van der Waals surface area contributed by atoms with Crippen LogP contribution in [0.2, 0.25) is 0 Å². The first-order valence-corrected chi connectivity index (χ1v) is 9.58. The number of likely N-dealkylation sites (N-methyl/N-ethyl adjacent to an activating group) is 1. The van der Waals surface area contributed by atoms with Gasteiger partial charge in [-0.2, -0.15) is 0 Å². The Morgan fingerprint density at radius 1 is 1.27 bits per heavy atom. The van der Waals surface area contributed by atoms with Crippen LogP contribution in [0.3, 0.4) is 0 Å². The minimum Gasteiger partial charge on any atom is -0.486 e. The second-order valence-corrected chi connectivity index (χ2v) is 6.84. The minimum atomic E-state index is -0.489. The minimum absolute atomic E-state index is 0.0224. The fourth-order valence-corrected chi connectivity index (χ4v) is 3.29. The van der Waals surface area contributed by atoms with E-state index in [2.05, 4.69) is 0 Å². The number of carbonyl (C=O) groups is 1. The summed E-state index contributed by atoms with van der Waals surface area (Å²) < 4.78 is 23.2. The third-order valence-electron chi connectivity index (χ3n) is 4.84. The lowest BCUT2D eigenvalue weighted by Crippen LogP contribution is -2.47. The first-order valence-electron chi connectivity index (χ1n) is 9.58. The molecule has 2 heterocycles. The van der Waals surface area contributed by atoms with E-state index in [1.165, 1.54) is 0 Å². The molecule has 0 saturated carbocycles. The van der Waals surface area contributed by atoms with Crippen molar-refractivity contribution in [3.8, 4) is 11.5 Å². The van der Waals surface area contributed by atoms with Gasteiger partial charge < -0.3 is 23.8 Å². The van der Waals surface area contributed by atoms with E-state index in [-0.39, 0.29) is 18.1 Å². The molecule has 3 rings (SSSR count). The molecule has 6 heteroatoms. The molecule has 2 aliphatic heterocycles. The molecule has 0 aliphatic carbocycles. The van der Waals surface area contributed by atoms with Crippen molar-refractivity contribution in [3.05, 3.63) is 24.3 Å². The molecule has 0 bridgehead atoms. The van der Waals surface area contributed by atoms with Gasteiger partial charge >= 0.3 is 0 Å². The van der Waals surface area contributed by atoms with Crippen LogP contribution in [-0.2, 0) is 14.3 Å². The van der Waals surface area contributed by atoms with E-state index in [1.807, 2.05) is 31.2 Å². The monoisotopic (exact) mass is 363 g/mol. The quantitative estimate of drug-likeness (QED) is 0.745. The van der Waals surface area contributed by atoms with Gasteiger partial charge in [-0.05, 0) is 45.2 Å². The van der Waals surface area contributed by atoms with Crippen molar-refractivity contribution in [1.29, 1.82) is 0 Å². The Hall–Kier alpha value is -1.79. The number of fused-ring (bicyclic) bond motifs is 1. The highest BCUT2D eigenvalue weighted by Crippen LogP contribution is 2.31. The predicted octanol–water partition coefficient (Wildman–Crippen LogP) is 2.65. The van der Waals surface area contributed by atoms with Crippen LogP contribution in [0.5, 0.6) is 11.5 Å². The number of nitrogens with zero attached hydrogens (tertiary/aromatic N) is 1. The summed E-state index contributed by atoms with van der Waals surface area (Å²) in [5.74, 6) is 1.46. The zero-order chi connectivity index (χ0) is 18.4. The molecule has 26 heavy (non-hydrogen) atoms. The molecule has 0 N–H and O–H groups in total. The fourth-order valence-electron chi connectivity index (χ4n) is 3.29. The van der Waals surface area contributed by atoms with E-state index in [4.69, 9.17) is 18.9 Å². The van der Waals surface area contributed by atoms with Crippen molar-refractivity contribution >= 4 is 5.91 Å². The first kappa shape index (κ1) is 19.0. The molecule has 1 saturated heterocycles. The Morgan fingerprint density at radius 2 is 2.08 bits per heavy atom. The largest absolute Gasteiger partial charge is 0.486 e. The van der Waals surface area contributed by atoms with E-state index < -0.39 is 6.10 Å². The van der Waals surface area contributed by atoms with Crippen molar-refractivity contribution in [2.24, 2.45) is 0 Å². The summed E-state index contributed by atoms with van der Waals surface area (Å²) in [6.45, 7) is 6.56. The zero-order valence-electron chi connectivity index (χ0n) is 15.7. The molecule has 2 aliphatic rings. The average molecular weight is 363 g/mol. The number of ether oxygens (including phenoxy) is 4. The van der Waals surface area contributed by atoms with Crippen molar-refractivity contribution < 1.29 is 23.7 Å². The Kier molecular flexibility index (Phi) is 6.74. The maximum Gasteiger partial charge on any atom is 0.251 e. The van der Waals surface area contributed by atoms with E-state index in [0.717, 1.165) is 37.4 Å². The van der Waals surface area contributed by atoms with Gasteiger partial charge in [0.2, 0.25) is 0 Å². The third kappa shape index (κ3) is 4.89. The summed E-state index contributed by atoms with van der Waals surface area (Å²) in [4.78, 5) is 14.5. The maximum atomic E-state index is 12.7. The number of hydrogen-bond acceptors (Lipinski definition) is 5. The van der Waals surface area contributed by atoms with Gasteiger partial charge in [-0.1, -0.05) is 12.1 Å². The molecule has 6 nitrogen and oxygen atoms in total. The standard InChI is InChI=1S/C20H29NO5/c1-3-21(12-17-14-25-18-9-4-5-10-19(18)26-17)20(22)15(2)24-13-16-8-6-7-11-23-16/h4-5,9-10,15-17H,3,6-8,11-14H2,1-2H3. The van der Waals surface area contributed by atoms with Gasteiger partial charge in [-0.3, -0.25) is 4.79 Å². The van der Waals surface area contributed by atoms with Gasteiger partial charge in [0.25, 0.3) is 5.91 Å². The average Bonchev–Trinajstić information content (AvgIpc) is 2.70. The molecule has 0 radical (unpaired) electrons. The Labute approximate surface area is 155 Å². The third-order valence-corrected chi connectivity index (χ3v) is 4.84. The second kappa shape index (κ2) is 9.24. The van der Waals surface area contributed by atoms with Crippen LogP contribution in [0.1, 0.15) is 33.1 Å². The SMILES string of the molecule is CCN(CC1COc2ccccc2O1)C(=O)C(C)OCC1CCCCO1. The molecule has 1 amide bonds. The number of hydrogen-bond donors (Lipinski definition) is 0. The highest BCUT2D eigenvalue weighted by molar-refractivity contribution is 5.80. The van der Waals surface area contributed by atoms with E-state index in [1.54, 1.807) is 11.8 Å². The number of benzene rings is 1. The van der Waals surface area contributed by atoms with Crippen LogP contribution in [0, 0.1) is 0 Å². The summed E-state index contributed by atoms with van der Waals surface area (Å²) >= 11 is 0. The lowest BCUT2D eigenvalue weighted by Gasteiger charge is -2.32. The summed E-state index contributed by atoms with van der Waals surface area (Å²) in [5.41, 5.74) is 0. The van der Waals surface area contributed by atoms with Crippen molar-refractivity contribution in [1.82, 2.24) is 4.90 Å². The first-order chi connectivity index (χ1) is 12.7. The number of rotatable bonds is 7. The maximum absolute atomic E-state index is 12.7. The van der Waals surface area contributed by atoms with Crippen molar-refractivity contribution in [2.75, 3.05) is 32.9 Å². The molecule has 0 spiro atoms. The lowest BCUT2D eigenvalue weighted by molar-refractivity contribution is -0.147. The van der Waals surface area contributed by atoms with Gasteiger partial charge in [0.1, 0.15) is 12.7 Å². The van der Waals surface area contributed by atoms with E-state index in [9.17, 15) is 4.79 Å². The van der Waals surface area contributed by atoms with Gasteiger partial charge in [-0.25, -0.2) is 0 Å². The van der Waals surface area contributed by atoms with Crippen LogP contribution in [0.25, 0.3) is 0 Å². The van der Waals surface area contributed by atoms with Crippen LogP contribution in [0.15, 0.2) is 24.3 Å². The topological polar surface area (TPSA) is 57.2 Å². The number of carbonyl (C=O) groups excluding carboxylic acids is 1. The molecule has 1 aromatic rings. The molecule has 144 valence electrons. The zero-order valence-corrected chi connectivity index (χ0v) is 15.7. The Morgan fingerprint density at radius 3 is 2.81 bits per heavy atom. The molecule has 1 fully saturated rings. The Bertz CT molecular complexity index is 587. The van der Waals surface area contributed by atoms with Gasteiger partial charge in [0, 0.05) is 13.2 Å². The Balaban J connectivity index is 1.48. The highest BCUT2D eigenvalue weighted by Gasteiger charge is 2.28. The van der Waals surface area contributed by atoms with Crippen molar-refractivity contribution in [2.45, 2.75) is 51.4 Å². The smallest absolute Gasteiger partial charge is 0.251 e. The molecule has 3 atom stereocenters. The van der Waals surface area contributed by atoms with Gasteiger partial charge in [0.05, 0.1) is 19.3 Å². The molecular formula is C20H29NO5. The molecule has 0 aromatic heterocycles. The van der Waals surface area contributed by atoms with Crippen molar-refractivity contribution in [3.63, 3.8) is 0 Å². The second-order valence-electron chi connectivity index (χ2n) is 6.84. The fraction of sp³-hybridized carbons (Fsp3) is 0.650. The van der Waals surface area contributed by atoms with Gasteiger partial charge in [-0.15, -0.1) is 0 Å². The summed E-state index contributed by atoms with van der Waals surface area (Å²) in [7, 11) is 0. The van der Waals surface area contributed by atoms with Gasteiger partial charge in [0.15, 0.2) is 17.6 Å². The molecule has 1 aromatic carbocycles. The number of amides is 1. The lowest BCUT2D eigenvalue weighted by atomic mass is 10.1. The predicted molar refractivity (Wildman–Crippen MR) is 97.6 cm³/mol. The van der Waals surface area contributed by atoms with E-state index >= 15 is 0 Å². The summed E-state index contributed by atoms with van der Waals surface area (Å²) in [6, 6.07) is 7.60. The highest BCUT2D eigenvalue weighted by atomic mass is 16.6. The normalized spacial score (nSPS) is 23.3. The molecule has 3 unspecified atom stereocenters. The van der Waals surface area contributed by atoms with Crippen LogP contribution in [0.4, 0.5) is 0 Å². The number of para-hydroxylation sites is 2.